The van der Waals surface area contributed by atoms with Gasteiger partial charge in [-0.2, -0.15) is 0 Å². The van der Waals surface area contributed by atoms with Crippen molar-refractivity contribution in [3.05, 3.63) is 103 Å². The van der Waals surface area contributed by atoms with Crippen molar-refractivity contribution in [1.82, 2.24) is 0 Å². The molecular weight excluding hydrogens is 388 g/mol. The lowest BCUT2D eigenvalue weighted by Crippen LogP contribution is -2.05. The SMILES string of the molecule is CC(=O)Oc1c(-c2ccccc2)cc(OCc2ccccc2)c(-c2ccccc2)c1O. The number of ether oxygens (including phenoxy) is 2. The van der Waals surface area contributed by atoms with Gasteiger partial charge in [-0.05, 0) is 22.8 Å². The fourth-order valence-corrected chi connectivity index (χ4v) is 3.44. The number of hydrogen-bond acceptors (Lipinski definition) is 4. The molecule has 0 radical (unpaired) electrons. The predicted molar refractivity (Wildman–Crippen MR) is 121 cm³/mol. The van der Waals surface area contributed by atoms with Gasteiger partial charge in [0, 0.05) is 12.5 Å². The van der Waals surface area contributed by atoms with E-state index in [2.05, 4.69) is 0 Å². The maximum absolute atomic E-state index is 11.8. The third kappa shape index (κ3) is 4.59. The number of phenols is 1. The van der Waals surface area contributed by atoms with Crippen LogP contribution >= 0.6 is 0 Å². The Bertz CT molecular complexity index is 1170. The monoisotopic (exact) mass is 410 g/mol. The van der Waals surface area contributed by atoms with E-state index in [-0.39, 0.29) is 11.5 Å². The molecule has 0 aromatic heterocycles. The fourth-order valence-electron chi connectivity index (χ4n) is 3.44. The highest BCUT2D eigenvalue weighted by molar-refractivity contribution is 5.89. The Morgan fingerprint density at radius 1 is 0.806 bits per heavy atom. The van der Waals surface area contributed by atoms with E-state index in [1.165, 1.54) is 6.92 Å². The molecule has 0 fully saturated rings. The smallest absolute Gasteiger partial charge is 0.308 e. The van der Waals surface area contributed by atoms with Gasteiger partial charge in [-0.1, -0.05) is 91.0 Å². The van der Waals surface area contributed by atoms with E-state index in [4.69, 9.17) is 9.47 Å². The number of aromatic hydroxyl groups is 1. The molecule has 0 saturated heterocycles. The summed E-state index contributed by atoms with van der Waals surface area (Å²) in [5.74, 6) is -0.0258. The first-order valence-corrected chi connectivity index (χ1v) is 9.99. The summed E-state index contributed by atoms with van der Waals surface area (Å²) in [7, 11) is 0. The second kappa shape index (κ2) is 9.18. The maximum Gasteiger partial charge on any atom is 0.308 e. The topological polar surface area (TPSA) is 55.8 Å². The van der Waals surface area contributed by atoms with Gasteiger partial charge in [-0.15, -0.1) is 0 Å². The van der Waals surface area contributed by atoms with Crippen LogP contribution in [-0.4, -0.2) is 11.1 Å². The van der Waals surface area contributed by atoms with Gasteiger partial charge in [0.05, 0.1) is 5.56 Å². The molecule has 1 N–H and O–H groups in total. The molecule has 0 bridgehead atoms. The molecule has 4 heteroatoms. The molecule has 0 spiro atoms. The van der Waals surface area contributed by atoms with E-state index < -0.39 is 5.97 Å². The molecule has 0 aliphatic carbocycles. The Balaban J connectivity index is 1.90. The Hall–Kier alpha value is -4.05. The highest BCUT2D eigenvalue weighted by atomic mass is 16.5. The lowest BCUT2D eigenvalue weighted by atomic mass is 9.96. The molecule has 4 rings (SSSR count). The number of carbonyl (C=O) groups excluding carboxylic acids is 1. The maximum atomic E-state index is 11.8. The van der Waals surface area contributed by atoms with Crippen LogP contribution in [0, 0.1) is 0 Å². The molecule has 154 valence electrons. The summed E-state index contributed by atoms with van der Waals surface area (Å²) in [5.41, 5.74) is 3.63. The zero-order valence-electron chi connectivity index (χ0n) is 17.1. The zero-order chi connectivity index (χ0) is 21.6. The largest absolute Gasteiger partial charge is 0.504 e. The summed E-state index contributed by atoms with van der Waals surface area (Å²) in [6, 6.07) is 30.5. The zero-order valence-corrected chi connectivity index (χ0v) is 17.1. The van der Waals surface area contributed by atoms with Crippen LogP contribution in [0.25, 0.3) is 22.3 Å². The second-order valence-corrected chi connectivity index (χ2v) is 7.07. The molecule has 0 aliphatic heterocycles. The van der Waals surface area contributed by atoms with Gasteiger partial charge in [0.1, 0.15) is 12.4 Å². The molecule has 4 aromatic rings. The molecule has 0 unspecified atom stereocenters. The summed E-state index contributed by atoms with van der Waals surface area (Å²) in [4.78, 5) is 11.8. The third-order valence-corrected chi connectivity index (χ3v) is 4.85. The molecule has 31 heavy (non-hydrogen) atoms. The Kier molecular flexibility index (Phi) is 5.99. The average Bonchev–Trinajstić information content (AvgIpc) is 2.80. The van der Waals surface area contributed by atoms with Crippen molar-refractivity contribution in [2.75, 3.05) is 0 Å². The van der Waals surface area contributed by atoms with Gasteiger partial charge in [0.2, 0.25) is 0 Å². The lowest BCUT2D eigenvalue weighted by molar-refractivity contribution is -0.131. The minimum absolute atomic E-state index is 0.115. The third-order valence-electron chi connectivity index (χ3n) is 4.85. The van der Waals surface area contributed by atoms with Crippen molar-refractivity contribution in [1.29, 1.82) is 0 Å². The van der Waals surface area contributed by atoms with E-state index in [1.54, 1.807) is 0 Å². The second-order valence-electron chi connectivity index (χ2n) is 7.07. The predicted octanol–water partition coefficient (Wildman–Crippen LogP) is 6.23. The van der Waals surface area contributed by atoms with Crippen LogP contribution in [0.5, 0.6) is 17.2 Å². The van der Waals surface area contributed by atoms with E-state index in [9.17, 15) is 9.90 Å². The average molecular weight is 410 g/mol. The number of benzene rings is 4. The van der Waals surface area contributed by atoms with Crippen LogP contribution in [0.15, 0.2) is 97.1 Å². The summed E-state index contributed by atoms with van der Waals surface area (Å²) < 4.78 is 11.6. The first kappa shape index (κ1) is 20.2. The molecule has 4 nitrogen and oxygen atoms in total. The first-order valence-electron chi connectivity index (χ1n) is 9.99. The van der Waals surface area contributed by atoms with Crippen molar-refractivity contribution in [3.8, 4) is 39.5 Å². The molecule has 0 saturated carbocycles. The van der Waals surface area contributed by atoms with Crippen molar-refractivity contribution >= 4 is 5.97 Å². The minimum atomic E-state index is -0.510. The molecule has 4 aromatic carbocycles. The minimum Gasteiger partial charge on any atom is -0.504 e. The van der Waals surface area contributed by atoms with Crippen LogP contribution in [-0.2, 0) is 11.4 Å². The first-order chi connectivity index (χ1) is 15.1. The standard InChI is InChI=1S/C27H22O4/c1-19(28)31-27-23(21-13-7-3-8-14-21)17-24(30-18-20-11-5-2-6-12-20)25(26(27)29)22-15-9-4-10-16-22/h2-17,29H,18H2,1H3. The highest BCUT2D eigenvalue weighted by Gasteiger charge is 2.23. The van der Waals surface area contributed by atoms with Crippen LogP contribution in [0.4, 0.5) is 0 Å². The van der Waals surface area contributed by atoms with Crippen LogP contribution < -0.4 is 9.47 Å². The molecule has 0 heterocycles. The Morgan fingerprint density at radius 3 is 1.94 bits per heavy atom. The Morgan fingerprint density at radius 2 is 1.35 bits per heavy atom. The van der Waals surface area contributed by atoms with E-state index >= 15 is 0 Å². The molecular formula is C27H22O4. The summed E-state index contributed by atoms with van der Waals surface area (Å²) in [6.45, 7) is 1.65. The number of carbonyl (C=O) groups is 1. The van der Waals surface area contributed by atoms with E-state index in [0.717, 1.165) is 16.7 Å². The number of esters is 1. The van der Waals surface area contributed by atoms with Crippen LogP contribution in [0.1, 0.15) is 12.5 Å². The van der Waals surface area contributed by atoms with Gasteiger partial charge < -0.3 is 14.6 Å². The van der Waals surface area contributed by atoms with Crippen LogP contribution in [0.2, 0.25) is 0 Å². The fraction of sp³-hybridized carbons (Fsp3) is 0.0741. The molecule has 0 aliphatic rings. The Labute approximate surface area is 181 Å². The van der Waals surface area contributed by atoms with Gasteiger partial charge in [0.15, 0.2) is 11.5 Å². The summed E-state index contributed by atoms with van der Waals surface area (Å²) in [5, 5.41) is 11.3. The van der Waals surface area contributed by atoms with Gasteiger partial charge in [0.25, 0.3) is 0 Å². The quantitative estimate of drug-likeness (QED) is 0.302. The van der Waals surface area contributed by atoms with Crippen molar-refractivity contribution < 1.29 is 19.4 Å². The number of phenolic OH excluding ortho intramolecular Hbond substituents is 1. The number of rotatable bonds is 6. The van der Waals surface area contributed by atoms with Crippen molar-refractivity contribution in [2.24, 2.45) is 0 Å². The summed E-state index contributed by atoms with van der Waals surface area (Å²) >= 11 is 0. The van der Waals surface area contributed by atoms with Crippen LogP contribution in [0.3, 0.4) is 0 Å². The normalized spacial score (nSPS) is 10.5. The van der Waals surface area contributed by atoms with Gasteiger partial charge >= 0.3 is 5.97 Å². The van der Waals surface area contributed by atoms with Crippen molar-refractivity contribution in [2.45, 2.75) is 13.5 Å². The summed E-state index contributed by atoms with van der Waals surface area (Å²) in [6.07, 6.45) is 0. The van der Waals surface area contributed by atoms with Crippen molar-refractivity contribution in [3.63, 3.8) is 0 Å². The van der Waals surface area contributed by atoms with Gasteiger partial charge in [-0.3, -0.25) is 4.79 Å². The lowest BCUT2D eigenvalue weighted by Gasteiger charge is -2.19. The number of hydrogen-bond donors (Lipinski definition) is 1. The van der Waals surface area contributed by atoms with E-state index in [1.807, 2.05) is 97.1 Å². The van der Waals surface area contributed by atoms with E-state index in [0.29, 0.717) is 23.5 Å². The highest BCUT2D eigenvalue weighted by Crippen LogP contribution is 2.49. The van der Waals surface area contributed by atoms with Gasteiger partial charge in [-0.25, -0.2) is 0 Å². The molecule has 0 amide bonds. The molecule has 0 atom stereocenters.